The Kier molecular flexibility index (Phi) is 4.61. The number of aliphatic hydroxyl groups is 1. The molecule has 0 amide bonds. The van der Waals surface area contributed by atoms with Crippen LogP contribution in [0.2, 0.25) is 0 Å². The van der Waals surface area contributed by atoms with Crippen LogP contribution in [0.5, 0.6) is 5.75 Å². The summed E-state index contributed by atoms with van der Waals surface area (Å²) < 4.78 is 11.0. The van der Waals surface area contributed by atoms with Crippen molar-refractivity contribution in [2.24, 2.45) is 0 Å². The van der Waals surface area contributed by atoms with Crippen LogP contribution in [0.4, 0.5) is 0 Å². The maximum atomic E-state index is 9.99. The second kappa shape index (κ2) is 6.21. The number of ether oxygens (including phenoxy) is 2. The second-order valence-electron chi connectivity index (χ2n) is 4.94. The molecule has 0 spiro atoms. The Hall–Kier alpha value is -1.06. The van der Waals surface area contributed by atoms with Gasteiger partial charge in [0.15, 0.2) is 0 Å². The van der Waals surface area contributed by atoms with Gasteiger partial charge in [0.1, 0.15) is 5.75 Å². The fourth-order valence-corrected chi connectivity index (χ4v) is 2.46. The number of fused-ring (bicyclic) bond motifs is 1. The number of hydrogen-bond acceptors (Lipinski definition) is 3. The summed E-state index contributed by atoms with van der Waals surface area (Å²) in [6, 6.07) is 5.97. The molecule has 2 unspecified atom stereocenters. The van der Waals surface area contributed by atoms with Gasteiger partial charge in [-0.05, 0) is 43.4 Å². The van der Waals surface area contributed by atoms with E-state index in [1.807, 2.05) is 18.2 Å². The molecule has 3 nitrogen and oxygen atoms in total. The Morgan fingerprint density at radius 3 is 3.06 bits per heavy atom. The highest BCUT2D eigenvalue weighted by Crippen LogP contribution is 2.35. The third kappa shape index (κ3) is 3.03. The van der Waals surface area contributed by atoms with E-state index in [0.717, 1.165) is 37.0 Å². The average Bonchev–Trinajstić information content (AvgIpc) is 2.38. The van der Waals surface area contributed by atoms with Crippen LogP contribution in [0.25, 0.3) is 0 Å². The van der Waals surface area contributed by atoms with Crippen LogP contribution in [0, 0.1) is 0 Å². The molecule has 3 heteroatoms. The van der Waals surface area contributed by atoms with Gasteiger partial charge in [-0.25, -0.2) is 0 Å². The van der Waals surface area contributed by atoms with Gasteiger partial charge >= 0.3 is 0 Å². The van der Waals surface area contributed by atoms with E-state index in [2.05, 4.69) is 6.92 Å². The molecule has 1 aliphatic carbocycles. The van der Waals surface area contributed by atoms with Crippen molar-refractivity contribution in [3.05, 3.63) is 29.3 Å². The van der Waals surface area contributed by atoms with Gasteiger partial charge in [0.2, 0.25) is 0 Å². The molecule has 0 fully saturated rings. The van der Waals surface area contributed by atoms with Gasteiger partial charge < -0.3 is 14.6 Å². The van der Waals surface area contributed by atoms with E-state index in [4.69, 9.17) is 9.47 Å². The fourth-order valence-electron chi connectivity index (χ4n) is 2.46. The smallest absolute Gasteiger partial charge is 0.123 e. The molecule has 0 heterocycles. The molecule has 0 bridgehead atoms. The number of rotatable bonds is 5. The predicted molar refractivity (Wildman–Crippen MR) is 70.9 cm³/mol. The summed E-state index contributed by atoms with van der Waals surface area (Å²) in [6.07, 6.45) is 3.57. The topological polar surface area (TPSA) is 38.7 Å². The summed E-state index contributed by atoms with van der Waals surface area (Å²) in [7, 11) is 1.70. The monoisotopic (exact) mass is 250 g/mol. The molecule has 1 aromatic rings. The average molecular weight is 250 g/mol. The molecule has 1 aliphatic rings. The number of hydrogen-bond donors (Lipinski definition) is 1. The molecule has 1 aromatic carbocycles. The van der Waals surface area contributed by atoms with Crippen molar-refractivity contribution in [2.45, 2.75) is 44.8 Å². The Morgan fingerprint density at radius 2 is 2.28 bits per heavy atom. The highest BCUT2D eigenvalue weighted by atomic mass is 16.5. The summed E-state index contributed by atoms with van der Waals surface area (Å²) in [5.74, 6) is 0.926. The first-order valence-corrected chi connectivity index (χ1v) is 6.68. The quantitative estimate of drug-likeness (QED) is 0.873. The molecule has 0 aromatic heterocycles. The Bertz CT molecular complexity index is 389. The van der Waals surface area contributed by atoms with Crippen molar-refractivity contribution in [3.63, 3.8) is 0 Å². The summed E-state index contributed by atoms with van der Waals surface area (Å²) in [5.41, 5.74) is 2.22. The van der Waals surface area contributed by atoms with Gasteiger partial charge in [0.05, 0.1) is 12.2 Å². The fraction of sp³-hybridized carbons (Fsp3) is 0.600. The van der Waals surface area contributed by atoms with Gasteiger partial charge in [-0.1, -0.05) is 12.1 Å². The van der Waals surface area contributed by atoms with Gasteiger partial charge in [-0.3, -0.25) is 0 Å². The van der Waals surface area contributed by atoms with E-state index < -0.39 is 0 Å². The first-order chi connectivity index (χ1) is 8.72. The molecule has 100 valence electrons. The third-order valence-electron chi connectivity index (χ3n) is 3.49. The minimum Gasteiger partial charge on any atom is -0.490 e. The minimum atomic E-state index is -0.327. The number of aliphatic hydroxyl groups excluding tert-OH is 1. The van der Waals surface area contributed by atoms with Crippen LogP contribution in [-0.2, 0) is 11.2 Å². The Balaban J connectivity index is 2.11. The van der Waals surface area contributed by atoms with Gasteiger partial charge in [-0.2, -0.15) is 0 Å². The zero-order valence-corrected chi connectivity index (χ0v) is 11.2. The zero-order chi connectivity index (χ0) is 13.0. The van der Waals surface area contributed by atoms with E-state index in [0.29, 0.717) is 6.61 Å². The number of methoxy groups -OCH3 is 1. The maximum absolute atomic E-state index is 9.99. The Labute approximate surface area is 109 Å². The van der Waals surface area contributed by atoms with Crippen LogP contribution in [0.15, 0.2) is 18.2 Å². The second-order valence-corrected chi connectivity index (χ2v) is 4.94. The van der Waals surface area contributed by atoms with Gasteiger partial charge in [-0.15, -0.1) is 0 Å². The molecule has 0 radical (unpaired) electrons. The lowest BCUT2D eigenvalue weighted by molar-refractivity contribution is 0.131. The molecule has 2 atom stereocenters. The first kappa shape index (κ1) is 13.4. The van der Waals surface area contributed by atoms with Crippen molar-refractivity contribution in [3.8, 4) is 5.75 Å². The molecule has 18 heavy (non-hydrogen) atoms. The van der Waals surface area contributed by atoms with E-state index in [1.165, 1.54) is 5.56 Å². The molecular formula is C15H22O3. The highest BCUT2D eigenvalue weighted by molar-refractivity contribution is 5.42. The summed E-state index contributed by atoms with van der Waals surface area (Å²) in [4.78, 5) is 0. The van der Waals surface area contributed by atoms with Crippen molar-refractivity contribution < 1.29 is 14.6 Å². The van der Waals surface area contributed by atoms with Crippen molar-refractivity contribution >= 4 is 0 Å². The molecule has 0 saturated carbocycles. The van der Waals surface area contributed by atoms with Gasteiger partial charge in [0.25, 0.3) is 0 Å². The SMILES string of the molecule is COCCC(C)Oc1cccc2c1CCCC2O. The molecule has 2 rings (SSSR count). The van der Waals surface area contributed by atoms with Crippen LogP contribution in [-0.4, -0.2) is 24.9 Å². The van der Waals surface area contributed by atoms with Crippen LogP contribution in [0.1, 0.15) is 43.4 Å². The summed E-state index contributed by atoms with van der Waals surface area (Å²) in [6.45, 7) is 2.76. The highest BCUT2D eigenvalue weighted by Gasteiger charge is 2.21. The third-order valence-corrected chi connectivity index (χ3v) is 3.49. The normalized spacial score (nSPS) is 20.3. The molecule has 1 N–H and O–H groups in total. The summed E-state index contributed by atoms with van der Waals surface area (Å²) >= 11 is 0. The first-order valence-electron chi connectivity index (χ1n) is 6.68. The standard InChI is InChI=1S/C15H22O3/c1-11(9-10-17-2)18-15-8-4-5-12-13(15)6-3-7-14(12)16/h4-5,8,11,14,16H,3,6-7,9-10H2,1-2H3. The van der Waals surface area contributed by atoms with Crippen LogP contribution in [0.3, 0.4) is 0 Å². The lowest BCUT2D eigenvalue weighted by Gasteiger charge is -2.25. The van der Waals surface area contributed by atoms with Crippen molar-refractivity contribution in [2.75, 3.05) is 13.7 Å². The largest absolute Gasteiger partial charge is 0.490 e. The molecule has 0 saturated heterocycles. The minimum absolute atomic E-state index is 0.135. The van der Waals surface area contributed by atoms with E-state index in [1.54, 1.807) is 7.11 Å². The zero-order valence-electron chi connectivity index (χ0n) is 11.2. The Morgan fingerprint density at radius 1 is 1.44 bits per heavy atom. The molecule has 0 aliphatic heterocycles. The van der Waals surface area contributed by atoms with Crippen LogP contribution >= 0.6 is 0 Å². The number of benzene rings is 1. The van der Waals surface area contributed by atoms with Gasteiger partial charge in [0, 0.05) is 20.1 Å². The lowest BCUT2D eigenvalue weighted by Crippen LogP contribution is -2.17. The lowest BCUT2D eigenvalue weighted by atomic mass is 9.89. The van der Waals surface area contributed by atoms with Crippen LogP contribution < -0.4 is 4.74 Å². The van der Waals surface area contributed by atoms with E-state index in [-0.39, 0.29) is 12.2 Å². The van der Waals surface area contributed by atoms with Crippen molar-refractivity contribution in [1.29, 1.82) is 0 Å². The molecular weight excluding hydrogens is 228 g/mol. The summed E-state index contributed by atoms with van der Waals surface area (Å²) in [5, 5.41) is 9.99. The maximum Gasteiger partial charge on any atom is 0.123 e. The van der Waals surface area contributed by atoms with E-state index >= 15 is 0 Å². The van der Waals surface area contributed by atoms with Crippen molar-refractivity contribution in [1.82, 2.24) is 0 Å². The predicted octanol–water partition coefficient (Wildman–Crippen LogP) is 2.86. The van der Waals surface area contributed by atoms with E-state index in [9.17, 15) is 5.11 Å².